The number of nitrogens with one attached hydrogen (secondary N) is 2. The van der Waals surface area contributed by atoms with Crippen molar-refractivity contribution in [1.29, 1.82) is 0 Å². The molecule has 102 valence electrons. The average molecular weight is 258 g/mol. The first-order valence-electron chi connectivity index (χ1n) is 7.48. The molecule has 0 saturated heterocycles. The second kappa shape index (κ2) is 5.64. The summed E-state index contributed by atoms with van der Waals surface area (Å²) in [5.74, 6) is 0.952. The molecule has 1 aliphatic carbocycles. The Kier molecular flexibility index (Phi) is 3.72. The van der Waals surface area contributed by atoms with Crippen molar-refractivity contribution in [2.45, 2.75) is 44.9 Å². The molecule has 0 bridgehead atoms. The summed E-state index contributed by atoms with van der Waals surface area (Å²) in [5.41, 5.74) is 3.47. The Morgan fingerprint density at radius 1 is 1.32 bits per heavy atom. The van der Waals surface area contributed by atoms with E-state index in [1.54, 1.807) is 0 Å². The number of benzene rings is 1. The molecule has 1 heterocycles. The summed E-state index contributed by atoms with van der Waals surface area (Å²) in [7, 11) is 0. The lowest BCUT2D eigenvalue weighted by Crippen LogP contribution is -2.12. The minimum Gasteiger partial charge on any atom is -0.384 e. The predicted octanol–water partition coefficient (Wildman–Crippen LogP) is 3.56. The van der Waals surface area contributed by atoms with Crippen LogP contribution in [0.5, 0.6) is 0 Å². The third-order valence-corrected chi connectivity index (χ3v) is 4.35. The van der Waals surface area contributed by atoms with Crippen molar-refractivity contribution in [3.05, 3.63) is 23.8 Å². The molecule has 0 spiro atoms. The fourth-order valence-corrected chi connectivity index (χ4v) is 3.24. The van der Waals surface area contributed by atoms with Crippen LogP contribution < -0.4 is 10.6 Å². The van der Waals surface area contributed by atoms with Crippen molar-refractivity contribution in [3.8, 4) is 0 Å². The molecule has 1 saturated carbocycles. The van der Waals surface area contributed by atoms with Gasteiger partial charge >= 0.3 is 0 Å². The summed E-state index contributed by atoms with van der Waals surface area (Å²) in [4.78, 5) is 11.9. The van der Waals surface area contributed by atoms with Gasteiger partial charge in [0.2, 0.25) is 5.91 Å². The molecule has 1 aromatic rings. The van der Waals surface area contributed by atoms with Crippen LogP contribution in [0.2, 0.25) is 0 Å². The Labute approximate surface area is 114 Å². The van der Waals surface area contributed by atoms with Crippen LogP contribution in [-0.2, 0) is 11.2 Å². The largest absolute Gasteiger partial charge is 0.384 e. The monoisotopic (exact) mass is 258 g/mol. The molecule has 1 fully saturated rings. The summed E-state index contributed by atoms with van der Waals surface area (Å²) in [6.45, 7) is 1.01. The van der Waals surface area contributed by atoms with Crippen molar-refractivity contribution in [2.75, 3.05) is 17.2 Å². The van der Waals surface area contributed by atoms with Crippen LogP contribution in [0.4, 0.5) is 11.4 Å². The van der Waals surface area contributed by atoms with E-state index in [-0.39, 0.29) is 5.91 Å². The van der Waals surface area contributed by atoms with E-state index in [4.69, 9.17) is 0 Å². The Bertz CT molecular complexity index is 464. The maximum atomic E-state index is 11.9. The highest BCUT2D eigenvalue weighted by molar-refractivity contribution is 5.91. The van der Waals surface area contributed by atoms with Gasteiger partial charge in [-0.05, 0) is 42.5 Å². The fourth-order valence-electron chi connectivity index (χ4n) is 3.24. The smallest absolute Gasteiger partial charge is 0.224 e. The van der Waals surface area contributed by atoms with Gasteiger partial charge in [0.05, 0.1) is 0 Å². The molecule has 3 heteroatoms. The molecular weight excluding hydrogens is 236 g/mol. The molecule has 1 amide bonds. The van der Waals surface area contributed by atoms with Gasteiger partial charge < -0.3 is 10.6 Å². The first-order valence-corrected chi connectivity index (χ1v) is 7.48. The van der Waals surface area contributed by atoms with Crippen LogP contribution in [0.3, 0.4) is 0 Å². The first-order chi connectivity index (χ1) is 9.31. The second-order valence-electron chi connectivity index (χ2n) is 5.79. The minimum atomic E-state index is 0.165. The van der Waals surface area contributed by atoms with Crippen molar-refractivity contribution in [2.24, 2.45) is 5.92 Å². The molecule has 19 heavy (non-hydrogen) atoms. The zero-order valence-corrected chi connectivity index (χ0v) is 11.4. The summed E-state index contributed by atoms with van der Waals surface area (Å²) < 4.78 is 0. The minimum absolute atomic E-state index is 0.165. The molecule has 0 atom stereocenters. The third-order valence-electron chi connectivity index (χ3n) is 4.35. The molecule has 3 rings (SSSR count). The number of carbonyl (C=O) groups excluding carboxylic acids is 1. The van der Waals surface area contributed by atoms with E-state index >= 15 is 0 Å². The second-order valence-corrected chi connectivity index (χ2v) is 5.79. The Hall–Kier alpha value is -1.51. The number of anilines is 2. The lowest BCUT2D eigenvalue weighted by molar-refractivity contribution is -0.116. The average Bonchev–Trinajstić information content (AvgIpc) is 3.07. The third kappa shape index (κ3) is 3.09. The lowest BCUT2D eigenvalue weighted by Gasteiger charge is -2.10. The van der Waals surface area contributed by atoms with Gasteiger partial charge in [0, 0.05) is 24.3 Å². The van der Waals surface area contributed by atoms with E-state index in [1.165, 1.54) is 36.9 Å². The van der Waals surface area contributed by atoms with Gasteiger partial charge in [0.25, 0.3) is 0 Å². The van der Waals surface area contributed by atoms with Crippen LogP contribution >= 0.6 is 0 Å². The maximum Gasteiger partial charge on any atom is 0.224 e. The number of fused-ring (bicyclic) bond motifs is 1. The van der Waals surface area contributed by atoms with Gasteiger partial charge in [-0.3, -0.25) is 4.79 Å². The Morgan fingerprint density at radius 2 is 2.16 bits per heavy atom. The molecule has 0 radical (unpaired) electrons. The number of carbonyl (C=O) groups is 1. The standard InChI is InChI=1S/C16H22N2O/c19-16(8-5-12-3-1-2-4-12)18-14-6-7-15-13(11-14)9-10-17-15/h6-7,11-12,17H,1-5,8-10H2,(H,18,19). The van der Waals surface area contributed by atoms with Crippen LogP contribution in [0.1, 0.15) is 44.1 Å². The normalized spacial score (nSPS) is 18.1. The molecule has 0 unspecified atom stereocenters. The van der Waals surface area contributed by atoms with Crippen LogP contribution in [-0.4, -0.2) is 12.5 Å². The molecule has 2 N–H and O–H groups in total. The zero-order valence-electron chi connectivity index (χ0n) is 11.4. The van der Waals surface area contributed by atoms with E-state index in [0.717, 1.165) is 31.0 Å². The number of rotatable bonds is 4. The van der Waals surface area contributed by atoms with Crippen molar-refractivity contribution < 1.29 is 4.79 Å². The van der Waals surface area contributed by atoms with Crippen molar-refractivity contribution >= 4 is 17.3 Å². The van der Waals surface area contributed by atoms with E-state index < -0.39 is 0 Å². The van der Waals surface area contributed by atoms with Crippen molar-refractivity contribution in [3.63, 3.8) is 0 Å². The van der Waals surface area contributed by atoms with Crippen LogP contribution in [0, 0.1) is 5.92 Å². The van der Waals surface area contributed by atoms with Gasteiger partial charge in [-0.1, -0.05) is 25.7 Å². The van der Waals surface area contributed by atoms with Crippen molar-refractivity contribution in [1.82, 2.24) is 0 Å². The molecule has 0 aromatic heterocycles. The van der Waals surface area contributed by atoms with Gasteiger partial charge in [-0.25, -0.2) is 0 Å². The molecule has 1 aromatic carbocycles. The number of amides is 1. The molecule has 1 aliphatic heterocycles. The van der Waals surface area contributed by atoms with Gasteiger partial charge in [-0.2, -0.15) is 0 Å². The molecular formula is C16H22N2O. The van der Waals surface area contributed by atoms with E-state index in [0.29, 0.717) is 6.42 Å². The quantitative estimate of drug-likeness (QED) is 0.867. The Morgan fingerprint density at radius 3 is 3.00 bits per heavy atom. The van der Waals surface area contributed by atoms with E-state index in [9.17, 15) is 4.79 Å². The topological polar surface area (TPSA) is 41.1 Å². The van der Waals surface area contributed by atoms with Gasteiger partial charge in [0.1, 0.15) is 0 Å². The summed E-state index contributed by atoms with van der Waals surface area (Å²) in [6, 6.07) is 6.16. The predicted molar refractivity (Wildman–Crippen MR) is 78.5 cm³/mol. The van der Waals surface area contributed by atoms with Crippen LogP contribution in [0.15, 0.2) is 18.2 Å². The molecule has 2 aliphatic rings. The lowest BCUT2D eigenvalue weighted by atomic mass is 10.0. The first kappa shape index (κ1) is 12.5. The maximum absolute atomic E-state index is 11.9. The highest BCUT2D eigenvalue weighted by atomic mass is 16.1. The number of hydrogen-bond acceptors (Lipinski definition) is 2. The highest BCUT2D eigenvalue weighted by Crippen LogP contribution is 2.29. The Balaban J connectivity index is 1.51. The summed E-state index contributed by atoms with van der Waals surface area (Å²) in [5, 5.41) is 6.36. The summed E-state index contributed by atoms with van der Waals surface area (Å²) >= 11 is 0. The van der Waals surface area contributed by atoms with Gasteiger partial charge in [-0.15, -0.1) is 0 Å². The highest BCUT2D eigenvalue weighted by Gasteiger charge is 2.16. The zero-order chi connectivity index (χ0) is 13.1. The SMILES string of the molecule is O=C(CCC1CCCC1)Nc1ccc2c(c1)CCN2. The van der Waals surface area contributed by atoms with E-state index in [2.05, 4.69) is 22.8 Å². The fraction of sp³-hybridized carbons (Fsp3) is 0.562. The number of hydrogen-bond donors (Lipinski definition) is 2. The van der Waals surface area contributed by atoms with E-state index in [1.807, 2.05) is 6.07 Å². The summed E-state index contributed by atoms with van der Waals surface area (Å²) in [6.07, 6.45) is 8.11. The van der Waals surface area contributed by atoms with Crippen LogP contribution in [0.25, 0.3) is 0 Å². The molecule has 3 nitrogen and oxygen atoms in total. The van der Waals surface area contributed by atoms with Gasteiger partial charge in [0.15, 0.2) is 0 Å².